The summed E-state index contributed by atoms with van der Waals surface area (Å²) >= 11 is 0. The van der Waals surface area contributed by atoms with Crippen molar-refractivity contribution in [3.63, 3.8) is 0 Å². The number of nitrogens with zero attached hydrogens (tertiary/aromatic N) is 7. The fourth-order valence-corrected chi connectivity index (χ4v) is 5.23. The van der Waals surface area contributed by atoms with E-state index in [-0.39, 0.29) is 13.0 Å². The van der Waals surface area contributed by atoms with Gasteiger partial charge >= 0.3 is 5.97 Å². The summed E-state index contributed by atoms with van der Waals surface area (Å²) in [7, 11) is 0. The Hall–Kier alpha value is -6.13. The highest BCUT2D eigenvalue weighted by Crippen LogP contribution is 2.31. The number of rotatable bonds is 18. The molecule has 0 saturated heterocycles. The third-order valence-corrected chi connectivity index (χ3v) is 7.36. The summed E-state index contributed by atoms with van der Waals surface area (Å²) in [6.45, 7) is 2.15. The van der Waals surface area contributed by atoms with Gasteiger partial charge in [0.2, 0.25) is 0 Å². The van der Waals surface area contributed by atoms with Crippen molar-refractivity contribution >= 4 is 17.0 Å². The normalized spacial score (nSPS) is 11.6. The monoisotopic (exact) mass is 660 g/mol. The highest BCUT2D eigenvalue weighted by molar-refractivity contribution is 6.02. The molecule has 17 nitrogen and oxygen atoms in total. The zero-order chi connectivity index (χ0) is 33.9. The van der Waals surface area contributed by atoms with E-state index in [4.69, 9.17) is 9.47 Å². The molecule has 250 valence electrons. The number of aromatic nitrogens is 6. The van der Waals surface area contributed by atoms with Crippen LogP contribution in [0.15, 0.2) is 66.7 Å². The van der Waals surface area contributed by atoms with E-state index in [1.807, 2.05) is 60.0 Å². The van der Waals surface area contributed by atoms with Gasteiger partial charge in [0, 0.05) is 5.56 Å². The zero-order valence-corrected chi connectivity index (χ0v) is 25.9. The number of nitrogens with one attached hydrogen (secondary N) is 1. The Labute approximate surface area is 273 Å². The van der Waals surface area contributed by atoms with Gasteiger partial charge in [-0.1, -0.05) is 61.0 Å². The number of benzene rings is 3. The van der Waals surface area contributed by atoms with Crippen molar-refractivity contribution < 1.29 is 34.1 Å². The first-order chi connectivity index (χ1) is 23.3. The maximum absolute atomic E-state index is 13.3. The van der Waals surface area contributed by atoms with Crippen LogP contribution in [0.2, 0.25) is 0 Å². The molecule has 5 aromatic rings. The van der Waals surface area contributed by atoms with E-state index in [0.717, 1.165) is 22.3 Å². The molecule has 2 heterocycles. The van der Waals surface area contributed by atoms with Crippen LogP contribution in [0.1, 0.15) is 48.5 Å². The van der Waals surface area contributed by atoms with Crippen molar-refractivity contribution in [3.05, 3.63) is 98.1 Å². The topological polar surface area (TPSA) is 213 Å². The quantitative estimate of drug-likeness (QED) is 0.0578. The molecule has 0 spiro atoms. The number of para-hydroxylation sites is 1. The van der Waals surface area contributed by atoms with Crippen molar-refractivity contribution in [2.45, 2.75) is 45.3 Å². The van der Waals surface area contributed by atoms with Crippen molar-refractivity contribution in [1.82, 2.24) is 30.2 Å². The first-order valence-corrected chi connectivity index (χ1v) is 15.1. The molecule has 0 aliphatic rings. The van der Waals surface area contributed by atoms with Crippen molar-refractivity contribution in [2.75, 3.05) is 19.8 Å². The average molecular weight is 661 g/mol. The Kier molecular flexibility index (Phi) is 11.0. The van der Waals surface area contributed by atoms with Crippen LogP contribution in [0.5, 0.6) is 6.01 Å². The van der Waals surface area contributed by atoms with Crippen LogP contribution in [0.3, 0.4) is 0 Å². The molecule has 0 fully saturated rings. The summed E-state index contributed by atoms with van der Waals surface area (Å²) in [5.41, 5.74) is 5.23. The molecule has 1 atom stereocenters. The number of aromatic amines is 1. The zero-order valence-electron chi connectivity index (χ0n) is 25.9. The second kappa shape index (κ2) is 15.9. The van der Waals surface area contributed by atoms with Gasteiger partial charge in [0.05, 0.1) is 36.4 Å². The number of carbonyl (C=O) groups excluding carboxylic acids is 1. The van der Waals surface area contributed by atoms with E-state index in [1.165, 1.54) is 0 Å². The van der Waals surface area contributed by atoms with E-state index < -0.39 is 28.9 Å². The maximum Gasteiger partial charge on any atom is 0.340 e. The molecule has 2 aromatic heterocycles. The Morgan fingerprint density at radius 2 is 1.75 bits per heavy atom. The molecule has 5 rings (SSSR count). The number of esters is 1. The summed E-state index contributed by atoms with van der Waals surface area (Å²) in [5.74, 6) is 0.0316. The van der Waals surface area contributed by atoms with Crippen LogP contribution >= 0.6 is 0 Å². The molecule has 0 saturated carbocycles. The standard InChI is InChI=1S/C31H32N8O9/c1-2-45-31-32-27-13-8-12-26(30(40)46-18-7-3-4-9-23(48-39(43)44)20-47-38(41)42)28(27)37(31)19-21-14-16-22(17-15-21)24-10-5-6-11-25(24)29-33-35-36-34-29/h5-6,8,10-17,23H,2-4,7,9,18-20H2,1H3,(H,33,34,35,36). The number of ether oxygens (including phenoxy) is 2. The lowest BCUT2D eigenvalue weighted by atomic mass is 9.98. The number of hydrogen-bond acceptors (Lipinski definition) is 13. The Bertz CT molecular complexity index is 1840. The van der Waals surface area contributed by atoms with Gasteiger partial charge in [-0.3, -0.25) is 4.57 Å². The molecular weight excluding hydrogens is 628 g/mol. The first kappa shape index (κ1) is 33.2. The van der Waals surface area contributed by atoms with Crippen LogP contribution in [0.4, 0.5) is 0 Å². The summed E-state index contributed by atoms with van der Waals surface area (Å²) in [4.78, 5) is 47.6. The molecule has 0 bridgehead atoms. The lowest BCUT2D eigenvalue weighted by Crippen LogP contribution is -2.24. The highest BCUT2D eigenvalue weighted by atomic mass is 17.0. The third-order valence-electron chi connectivity index (χ3n) is 7.36. The van der Waals surface area contributed by atoms with Gasteiger partial charge in [0.25, 0.3) is 16.2 Å². The van der Waals surface area contributed by atoms with Gasteiger partial charge in [-0.2, -0.15) is 4.98 Å². The summed E-state index contributed by atoms with van der Waals surface area (Å²) in [6.07, 6.45) is 0.534. The number of H-pyrrole nitrogens is 1. The van der Waals surface area contributed by atoms with Gasteiger partial charge in [-0.05, 0) is 65.4 Å². The van der Waals surface area contributed by atoms with Gasteiger partial charge < -0.3 is 19.1 Å². The van der Waals surface area contributed by atoms with E-state index >= 15 is 0 Å². The lowest BCUT2D eigenvalue weighted by Gasteiger charge is -2.13. The summed E-state index contributed by atoms with van der Waals surface area (Å²) in [6, 6.07) is 21.4. The predicted octanol–water partition coefficient (Wildman–Crippen LogP) is 4.83. The summed E-state index contributed by atoms with van der Waals surface area (Å²) in [5, 5.41) is 33.3. The number of fused-ring (bicyclic) bond motifs is 1. The number of unbranched alkanes of at least 4 members (excludes halogenated alkanes) is 2. The first-order valence-electron chi connectivity index (χ1n) is 15.1. The molecule has 17 heteroatoms. The van der Waals surface area contributed by atoms with Crippen LogP contribution < -0.4 is 4.74 Å². The Morgan fingerprint density at radius 3 is 2.46 bits per heavy atom. The average Bonchev–Trinajstić information content (AvgIpc) is 3.74. The number of imidazole rings is 1. The minimum Gasteiger partial charge on any atom is -0.465 e. The SMILES string of the molecule is CCOc1nc2cccc(C(=O)OCCCCCC(CO[N+](=O)[O-])O[N+](=O)[O-])c2n1Cc1ccc(-c2ccccc2-c2nnn[nH]2)cc1. The lowest BCUT2D eigenvalue weighted by molar-refractivity contribution is -0.790. The number of carbonyl (C=O) groups is 1. The fourth-order valence-electron chi connectivity index (χ4n) is 5.23. The van der Waals surface area contributed by atoms with Crippen LogP contribution in [-0.2, 0) is 21.0 Å². The fraction of sp³-hybridized carbons (Fsp3) is 0.323. The molecular formula is C31H32N8O9. The van der Waals surface area contributed by atoms with Gasteiger partial charge in [0.15, 0.2) is 5.82 Å². The molecule has 0 aliphatic heterocycles. The molecule has 3 aromatic carbocycles. The minimum atomic E-state index is -1.07. The molecule has 48 heavy (non-hydrogen) atoms. The molecule has 0 aliphatic carbocycles. The van der Waals surface area contributed by atoms with Crippen molar-refractivity contribution in [3.8, 4) is 28.5 Å². The highest BCUT2D eigenvalue weighted by Gasteiger charge is 2.21. The van der Waals surface area contributed by atoms with Gasteiger partial charge in [0.1, 0.15) is 12.7 Å². The molecule has 1 unspecified atom stereocenters. The minimum absolute atomic E-state index is 0.0981. The van der Waals surface area contributed by atoms with Crippen LogP contribution in [0, 0.1) is 20.2 Å². The number of hydrogen-bond donors (Lipinski definition) is 1. The van der Waals surface area contributed by atoms with E-state index in [9.17, 15) is 25.0 Å². The Morgan fingerprint density at radius 1 is 0.958 bits per heavy atom. The van der Waals surface area contributed by atoms with Crippen LogP contribution in [0.25, 0.3) is 33.5 Å². The number of tetrazole rings is 1. The van der Waals surface area contributed by atoms with Crippen LogP contribution in [-0.4, -0.2) is 72.2 Å². The van der Waals surface area contributed by atoms with Crippen molar-refractivity contribution in [2.24, 2.45) is 0 Å². The maximum atomic E-state index is 13.3. The van der Waals surface area contributed by atoms with E-state index in [0.29, 0.717) is 60.8 Å². The molecule has 0 radical (unpaired) electrons. The molecule has 0 amide bonds. The summed E-state index contributed by atoms with van der Waals surface area (Å²) < 4.78 is 13.3. The van der Waals surface area contributed by atoms with E-state index in [2.05, 4.69) is 35.3 Å². The second-order valence-corrected chi connectivity index (χ2v) is 10.5. The largest absolute Gasteiger partial charge is 0.465 e. The van der Waals surface area contributed by atoms with E-state index in [1.54, 1.807) is 18.2 Å². The van der Waals surface area contributed by atoms with Crippen molar-refractivity contribution in [1.29, 1.82) is 0 Å². The van der Waals surface area contributed by atoms with Gasteiger partial charge in [-0.15, -0.1) is 25.3 Å². The smallest absolute Gasteiger partial charge is 0.340 e. The molecule has 1 N–H and O–H groups in total. The third kappa shape index (κ3) is 8.36. The second-order valence-electron chi connectivity index (χ2n) is 10.5. The predicted molar refractivity (Wildman–Crippen MR) is 169 cm³/mol. The Balaban J connectivity index is 1.26. The van der Waals surface area contributed by atoms with Gasteiger partial charge in [-0.25, -0.2) is 9.89 Å².